The van der Waals surface area contributed by atoms with Crippen molar-refractivity contribution in [3.8, 4) is 0 Å². The third kappa shape index (κ3) is 5.41. The van der Waals surface area contributed by atoms with E-state index in [0.29, 0.717) is 12.2 Å². The molecule has 0 saturated heterocycles. The second-order valence-electron chi connectivity index (χ2n) is 4.91. The van der Waals surface area contributed by atoms with Crippen molar-refractivity contribution in [1.29, 1.82) is 0 Å². The second-order valence-corrected chi connectivity index (χ2v) is 4.91. The van der Waals surface area contributed by atoms with Crippen molar-refractivity contribution in [2.24, 2.45) is 0 Å². The van der Waals surface area contributed by atoms with E-state index in [9.17, 15) is 9.59 Å². The zero-order chi connectivity index (χ0) is 14.5. The Morgan fingerprint density at radius 1 is 1.47 bits per heavy atom. The average Bonchev–Trinajstić information content (AvgIpc) is 2.73. The number of carboxylic acid groups (broad SMARTS) is 1. The number of anilines is 1. The first-order valence-electron chi connectivity index (χ1n) is 6.17. The van der Waals surface area contributed by atoms with E-state index < -0.39 is 17.5 Å². The molecule has 0 atom stereocenters. The number of amides is 2. The van der Waals surface area contributed by atoms with Gasteiger partial charge < -0.3 is 10.4 Å². The van der Waals surface area contributed by atoms with Crippen LogP contribution >= 0.6 is 0 Å². The summed E-state index contributed by atoms with van der Waals surface area (Å²) < 4.78 is 1.70. The predicted molar refractivity (Wildman–Crippen MR) is 71.0 cm³/mol. The molecule has 2 amide bonds. The summed E-state index contributed by atoms with van der Waals surface area (Å²) in [5.41, 5.74) is -0.588. The Bertz CT molecular complexity index is 454. The van der Waals surface area contributed by atoms with Gasteiger partial charge in [-0.15, -0.1) is 0 Å². The zero-order valence-electron chi connectivity index (χ0n) is 11.4. The molecule has 19 heavy (non-hydrogen) atoms. The highest BCUT2D eigenvalue weighted by atomic mass is 16.4. The lowest BCUT2D eigenvalue weighted by Crippen LogP contribution is -2.45. The van der Waals surface area contributed by atoms with E-state index in [2.05, 4.69) is 15.7 Å². The predicted octanol–water partition coefficient (Wildman–Crippen LogP) is 1.67. The molecule has 0 fully saturated rings. The number of hydrogen-bond acceptors (Lipinski definition) is 3. The topological polar surface area (TPSA) is 96.2 Å². The molecule has 1 rings (SSSR count). The molecule has 0 bridgehead atoms. The summed E-state index contributed by atoms with van der Waals surface area (Å²) in [7, 11) is 0. The van der Waals surface area contributed by atoms with Crippen molar-refractivity contribution < 1.29 is 14.7 Å². The molecule has 0 unspecified atom stereocenters. The molecule has 1 heterocycles. The number of urea groups is 1. The molecule has 0 radical (unpaired) electrons. The maximum Gasteiger partial charge on any atom is 0.320 e. The number of rotatable bonds is 6. The van der Waals surface area contributed by atoms with Crippen LogP contribution < -0.4 is 10.6 Å². The van der Waals surface area contributed by atoms with Gasteiger partial charge in [0.25, 0.3) is 0 Å². The van der Waals surface area contributed by atoms with Gasteiger partial charge in [0.2, 0.25) is 0 Å². The number of carbonyl (C=O) groups excluding carboxylic acids is 1. The van der Waals surface area contributed by atoms with Crippen LogP contribution in [0.2, 0.25) is 0 Å². The number of aliphatic carboxylic acids is 1. The van der Waals surface area contributed by atoms with Gasteiger partial charge in [-0.2, -0.15) is 5.10 Å². The number of nitrogens with one attached hydrogen (secondary N) is 2. The van der Waals surface area contributed by atoms with Gasteiger partial charge >= 0.3 is 12.0 Å². The summed E-state index contributed by atoms with van der Waals surface area (Å²) in [4.78, 5) is 22.3. The van der Waals surface area contributed by atoms with Gasteiger partial charge in [0.15, 0.2) is 5.82 Å². The van der Waals surface area contributed by atoms with Crippen LogP contribution in [-0.4, -0.2) is 32.4 Å². The van der Waals surface area contributed by atoms with Crippen LogP contribution in [-0.2, 0) is 11.3 Å². The Kier molecular flexibility index (Phi) is 4.91. The summed E-state index contributed by atoms with van der Waals surface area (Å²) >= 11 is 0. The molecule has 0 aliphatic carbocycles. The molecule has 7 nitrogen and oxygen atoms in total. The summed E-state index contributed by atoms with van der Waals surface area (Å²) in [6, 6.07) is 1.31. The summed E-state index contributed by atoms with van der Waals surface area (Å²) in [6.07, 6.45) is 2.14. The van der Waals surface area contributed by atoms with Gasteiger partial charge in [-0.05, 0) is 27.2 Å². The van der Waals surface area contributed by atoms with Gasteiger partial charge in [-0.1, -0.05) is 0 Å². The fourth-order valence-corrected chi connectivity index (χ4v) is 1.54. The zero-order valence-corrected chi connectivity index (χ0v) is 11.4. The highest BCUT2D eigenvalue weighted by Crippen LogP contribution is 2.11. The fourth-order valence-electron chi connectivity index (χ4n) is 1.54. The van der Waals surface area contributed by atoms with Gasteiger partial charge in [-0.3, -0.25) is 14.8 Å². The van der Waals surface area contributed by atoms with E-state index in [1.165, 1.54) is 0 Å². The molecule has 0 aliphatic heterocycles. The van der Waals surface area contributed by atoms with Crippen LogP contribution in [0.15, 0.2) is 12.3 Å². The second kappa shape index (κ2) is 6.21. The number of carboxylic acids is 1. The molecule has 1 aromatic rings. The first-order valence-corrected chi connectivity index (χ1v) is 6.17. The lowest BCUT2D eigenvalue weighted by Gasteiger charge is -2.25. The normalized spacial score (nSPS) is 11.1. The van der Waals surface area contributed by atoms with Crippen molar-refractivity contribution in [2.45, 2.75) is 45.7 Å². The maximum atomic E-state index is 11.8. The van der Waals surface area contributed by atoms with E-state index in [4.69, 9.17) is 5.11 Å². The minimum absolute atomic E-state index is 0.0116. The quantitative estimate of drug-likeness (QED) is 0.731. The van der Waals surface area contributed by atoms with E-state index >= 15 is 0 Å². The maximum absolute atomic E-state index is 11.8. The smallest absolute Gasteiger partial charge is 0.320 e. The Hall–Kier alpha value is -2.05. The molecule has 0 saturated carbocycles. The minimum Gasteiger partial charge on any atom is -0.481 e. The molecule has 7 heteroatoms. The van der Waals surface area contributed by atoms with Gasteiger partial charge in [-0.25, -0.2) is 4.79 Å². The number of nitrogens with zero attached hydrogens (tertiary/aromatic N) is 2. The van der Waals surface area contributed by atoms with Gasteiger partial charge in [0.05, 0.1) is 0 Å². The van der Waals surface area contributed by atoms with E-state index in [1.807, 2.05) is 6.92 Å². The van der Waals surface area contributed by atoms with E-state index in [1.54, 1.807) is 30.8 Å². The third-order valence-electron chi connectivity index (χ3n) is 2.62. The molecule has 1 aromatic heterocycles. The first kappa shape index (κ1) is 15.0. The number of carbonyl (C=O) groups is 2. The van der Waals surface area contributed by atoms with Crippen molar-refractivity contribution in [3.63, 3.8) is 0 Å². The minimum atomic E-state index is -0.878. The lowest BCUT2D eigenvalue weighted by atomic mass is 9.99. The standard InChI is InChI=1S/C12H20N4O3/c1-4-16-8-6-9(15-16)13-11(19)14-12(2,3)7-5-10(17)18/h6,8H,4-5,7H2,1-3H3,(H,17,18)(H2,13,14,15,19). The van der Waals surface area contributed by atoms with Crippen LogP contribution in [0.3, 0.4) is 0 Å². The third-order valence-corrected chi connectivity index (χ3v) is 2.62. The molecule has 3 N–H and O–H groups in total. The fraction of sp³-hybridized carbons (Fsp3) is 0.583. The summed E-state index contributed by atoms with van der Waals surface area (Å²) in [6.45, 7) is 6.24. The number of aromatic nitrogens is 2. The van der Waals surface area contributed by atoms with Crippen molar-refractivity contribution in [1.82, 2.24) is 15.1 Å². The average molecular weight is 268 g/mol. The molecule has 106 valence electrons. The SMILES string of the molecule is CCn1ccc(NC(=O)NC(C)(C)CCC(=O)O)n1. The highest BCUT2D eigenvalue weighted by molar-refractivity contribution is 5.88. The Balaban J connectivity index is 2.47. The van der Waals surface area contributed by atoms with Gasteiger partial charge in [0, 0.05) is 30.8 Å². The summed E-state index contributed by atoms with van der Waals surface area (Å²) in [5, 5.41) is 18.1. The molecular formula is C12H20N4O3. The number of aryl methyl sites for hydroxylation is 1. The van der Waals surface area contributed by atoms with Crippen molar-refractivity contribution >= 4 is 17.8 Å². The Morgan fingerprint density at radius 2 is 2.16 bits per heavy atom. The first-order chi connectivity index (χ1) is 8.82. The molecular weight excluding hydrogens is 248 g/mol. The monoisotopic (exact) mass is 268 g/mol. The Morgan fingerprint density at radius 3 is 2.68 bits per heavy atom. The largest absolute Gasteiger partial charge is 0.481 e. The van der Waals surface area contributed by atoms with Crippen LogP contribution in [0, 0.1) is 0 Å². The molecule has 0 aromatic carbocycles. The lowest BCUT2D eigenvalue weighted by molar-refractivity contribution is -0.137. The van der Waals surface area contributed by atoms with Crippen molar-refractivity contribution in [3.05, 3.63) is 12.3 Å². The van der Waals surface area contributed by atoms with Crippen LogP contribution in [0.25, 0.3) is 0 Å². The molecule has 0 aliphatic rings. The number of hydrogen-bond donors (Lipinski definition) is 3. The van der Waals surface area contributed by atoms with Crippen LogP contribution in [0.4, 0.5) is 10.6 Å². The van der Waals surface area contributed by atoms with Crippen molar-refractivity contribution in [2.75, 3.05) is 5.32 Å². The highest BCUT2D eigenvalue weighted by Gasteiger charge is 2.21. The Labute approximate surface area is 112 Å². The van der Waals surface area contributed by atoms with E-state index in [-0.39, 0.29) is 6.42 Å². The molecule has 0 spiro atoms. The van der Waals surface area contributed by atoms with Crippen LogP contribution in [0.1, 0.15) is 33.6 Å². The van der Waals surface area contributed by atoms with Crippen LogP contribution in [0.5, 0.6) is 0 Å². The van der Waals surface area contributed by atoms with Gasteiger partial charge in [0.1, 0.15) is 0 Å². The van der Waals surface area contributed by atoms with E-state index in [0.717, 1.165) is 6.54 Å². The summed E-state index contributed by atoms with van der Waals surface area (Å²) in [5.74, 6) is -0.412.